The monoisotopic (exact) mass is 267 g/mol. The highest BCUT2D eigenvalue weighted by Gasteiger charge is 2.14. The molecule has 0 unspecified atom stereocenters. The van der Waals surface area contributed by atoms with E-state index in [1.54, 1.807) is 23.6 Å². The van der Waals surface area contributed by atoms with Crippen LogP contribution in [0, 0.1) is 13.8 Å². The quantitative estimate of drug-likeness (QED) is 0.797. The predicted molar refractivity (Wildman–Crippen MR) is 70.9 cm³/mol. The zero-order valence-corrected chi connectivity index (χ0v) is 11.6. The van der Waals surface area contributed by atoms with Crippen LogP contribution in [0.25, 0.3) is 10.6 Å². The van der Waals surface area contributed by atoms with Gasteiger partial charge in [0.1, 0.15) is 5.01 Å². The highest BCUT2D eigenvalue weighted by Crippen LogP contribution is 2.32. The van der Waals surface area contributed by atoms with Crippen LogP contribution in [0.3, 0.4) is 0 Å². The summed E-state index contributed by atoms with van der Waals surface area (Å²) in [4.78, 5) is 18.3. The van der Waals surface area contributed by atoms with Crippen molar-refractivity contribution < 1.29 is 9.53 Å². The lowest BCUT2D eigenvalue weighted by molar-refractivity contribution is 0.0520. The molecule has 2 aromatic heterocycles. The molecule has 2 aromatic rings. The Morgan fingerprint density at radius 2 is 2.24 bits per heavy atom. The van der Waals surface area contributed by atoms with Gasteiger partial charge in [0.25, 0.3) is 0 Å². The summed E-state index contributed by atoms with van der Waals surface area (Å²) in [5.41, 5.74) is 1.52. The summed E-state index contributed by atoms with van der Waals surface area (Å²) >= 11 is 3.22. The van der Waals surface area contributed by atoms with Crippen LogP contribution in [0.4, 0.5) is 0 Å². The van der Waals surface area contributed by atoms with E-state index in [-0.39, 0.29) is 5.97 Å². The zero-order valence-electron chi connectivity index (χ0n) is 9.94. The van der Waals surface area contributed by atoms with Crippen LogP contribution in [-0.4, -0.2) is 17.6 Å². The van der Waals surface area contributed by atoms with Gasteiger partial charge in [0.15, 0.2) is 5.69 Å². The Kier molecular flexibility index (Phi) is 3.59. The van der Waals surface area contributed by atoms with Gasteiger partial charge in [0.2, 0.25) is 0 Å². The van der Waals surface area contributed by atoms with Gasteiger partial charge in [-0.05, 0) is 26.8 Å². The minimum absolute atomic E-state index is 0.348. The van der Waals surface area contributed by atoms with Crippen LogP contribution in [0.2, 0.25) is 0 Å². The molecule has 2 heterocycles. The number of hydrogen-bond donors (Lipinski definition) is 0. The average molecular weight is 267 g/mol. The molecular weight excluding hydrogens is 254 g/mol. The van der Waals surface area contributed by atoms with E-state index < -0.39 is 0 Å². The normalized spacial score (nSPS) is 10.5. The van der Waals surface area contributed by atoms with Crippen LogP contribution in [0.15, 0.2) is 11.4 Å². The maximum atomic E-state index is 11.5. The molecule has 5 heteroatoms. The van der Waals surface area contributed by atoms with E-state index in [0.717, 1.165) is 10.6 Å². The largest absolute Gasteiger partial charge is 0.461 e. The van der Waals surface area contributed by atoms with E-state index in [9.17, 15) is 4.79 Å². The lowest BCUT2D eigenvalue weighted by atomic mass is 10.2. The van der Waals surface area contributed by atoms with Crippen molar-refractivity contribution in [2.45, 2.75) is 20.8 Å². The first-order valence-electron chi connectivity index (χ1n) is 5.32. The molecule has 0 radical (unpaired) electrons. The highest BCUT2D eigenvalue weighted by molar-refractivity contribution is 7.15. The SMILES string of the molecule is CCOC(=O)c1csc(-c2cc(C)sc2C)n1. The molecule has 3 nitrogen and oxygen atoms in total. The van der Waals surface area contributed by atoms with Crippen LogP contribution >= 0.6 is 22.7 Å². The van der Waals surface area contributed by atoms with E-state index >= 15 is 0 Å². The van der Waals surface area contributed by atoms with Gasteiger partial charge in [-0.1, -0.05) is 0 Å². The number of thiazole rings is 1. The lowest BCUT2D eigenvalue weighted by Crippen LogP contribution is -2.04. The van der Waals surface area contributed by atoms with Gasteiger partial charge in [0.05, 0.1) is 6.61 Å². The first-order chi connectivity index (χ1) is 8.11. The molecule has 0 fully saturated rings. The number of nitrogens with zero attached hydrogens (tertiary/aromatic N) is 1. The summed E-state index contributed by atoms with van der Waals surface area (Å²) in [6.07, 6.45) is 0. The highest BCUT2D eigenvalue weighted by atomic mass is 32.1. The number of thiophene rings is 1. The van der Waals surface area contributed by atoms with Gasteiger partial charge in [0, 0.05) is 20.7 Å². The van der Waals surface area contributed by atoms with Gasteiger partial charge >= 0.3 is 5.97 Å². The summed E-state index contributed by atoms with van der Waals surface area (Å²) in [6, 6.07) is 2.10. The summed E-state index contributed by atoms with van der Waals surface area (Å²) < 4.78 is 4.92. The van der Waals surface area contributed by atoms with Crippen LogP contribution in [0.5, 0.6) is 0 Å². The molecule has 90 valence electrons. The third kappa shape index (κ3) is 2.56. The van der Waals surface area contributed by atoms with E-state index in [1.807, 2.05) is 0 Å². The number of esters is 1. The third-order valence-corrected chi connectivity index (χ3v) is 4.10. The second-order valence-electron chi connectivity index (χ2n) is 3.59. The Morgan fingerprint density at radius 1 is 1.47 bits per heavy atom. The molecule has 0 aliphatic carbocycles. The van der Waals surface area contributed by atoms with Crippen molar-refractivity contribution in [1.82, 2.24) is 4.98 Å². The number of aromatic nitrogens is 1. The van der Waals surface area contributed by atoms with Gasteiger partial charge in [-0.25, -0.2) is 9.78 Å². The van der Waals surface area contributed by atoms with Crippen LogP contribution in [0.1, 0.15) is 27.2 Å². The molecule has 0 aliphatic heterocycles. The van der Waals surface area contributed by atoms with Gasteiger partial charge in [-0.15, -0.1) is 22.7 Å². The first kappa shape index (κ1) is 12.3. The summed E-state index contributed by atoms with van der Waals surface area (Å²) in [7, 11) is 0. The molecule has 2 rings (SSSR count). The Hall–Kier alpha value is -1.20. The lowest BCUT2D eigenvalue weighted by Gasteiger charge is -1.96. The Morgan fingerprint density at radius 3 is 2.82 bits per heavy atom. The van der Waals surface area contributed by atoms with E-state index in [0.29, 0.717) is 12.3 Å². The molecular formula is C12H13NO2S2. The second-order valence-corrected chi connectivity index (χ2v) is 5.90. The minimum Gasteiger partial charge on any atom is -0.461 e. The fraction of sp³-hybridized carbons (Fsp3) is 0.333. The number of aryl methyl sites for hydroxylation is 2. The van der Waals surface area contributed by atoms with Gasteiger partial charge in [-0.3, -0.25) is 0 Å². The Balaban J connectivity index is 2.30. The number of carbonyl (C=O) groups excluding carboxylic acids is 1. The molecule has 0 amide bonds. The van der Waals surface area contributed by atoms with E-state index in [1.165, 1.54) is 21.1 Å². The fourth-order valence-electron chi connectivity index (χ4n) is 1.54. The molecule has 0 atom stereocenters. The van der Waals surface area contributed by atoms with Crippen molar-refractivity contribution in [2.75, 3.05) is 6.61 Å². The molecule has 0 saturated carbocycles. The summed E-state index contributed by atoms with van der Waals surface area (Å²) in [5, 5.41) is 2.63. The predicted octanol–water partition coefficient (Wildman–Crippen LogP) is 3.67. The van der Waals surface area contributed by atoms with E-state index in [4.69, 9.17) is 4.74 Å². The van der Waals surface area contributed by atoms with Crippen molar-refractivity contribution in [3.05, 3.63) is 26.9 Å². The van der Waals surface area contributed by atoms with E-state index in [2.05, 4.69) is 24.9 Å². The van der Waals surface area contributed by atoms with Crippen molar-refractivity contribution in [3.63, 3.8) is 0 Å². The number of ether oxygens (including phenoxy) is 1. The maximum absolute atomic E-state index is 11.5. The molecule has 0 aromatic carbocycles. The van der Waals surface area contributed by atoms with Crippen molar-refractivity contribution in [3.8, 4) is 10.6 Å². The zero-order chi connectivity index (χ0) is 12.4. The smallest absolute Gasteiger partial charge is 0.357 e. The van der Waals surface area contributed by atoms with Crippen LogP contribution < -0.4 is 0 Å². The minimum atomic E-state index is -0.348. The van der Waals surface area contributed by atoms with Crippen LogP contribution in [-0.2, 0) is 4.74 Å². The topological polar surface area (TPSA) is 39.2 Å². The van der Waals surface area contributed by atoms with Crippen molar-refractivity contribution in [1.29, 1.82) is 0 Å². The van der Waals surface area contributed by atoms with Crippen molar-refractivity contribution >= 4 is 28.6 Å². The molecule has 17 heavy (non-hydrogen) atoms. The number of hydrogen-bond acceptors (Lipinski definition) is 5. The fourth-order valence-corrected chi connectivity index (χ4v) is 3.39. The first-order valence-corrected chi connectivity index (χ1v) is 7.01. The molecule has 0 aliphatic rings. The third-order valence-electron chi connectivity index (χ3n) is 2.26. The molecule has 0 N–H and O–H groups in total. The standard InChI is InChI=1S/C12H13NO2S2/c1-4-15-12(14)10-6-16-11(13-10)9-5-7(2)17-8(9)3/h5-6H,4H2,1-3H3. The summed E-state index contributed by atoms with van der Waals surface area (Å²) in [5.74, 6) is -0.348. The number of rotatable bonds is 3. The Bertz CT molecular complexity index is 542. The molecule has 0 saturated heterocycles. The molecule has 0 spiro atoms. The second kappa shape index (κ2) is 4.98. The van der Waals surface area contributed by atoms with Crippen molar-refractivity contribution in [2.24, 2.45) is 0 Å². The maximum Gasteiger partial charge on any atom is 0.357 e. The average Bonchev–Trinajstić information content (AvgIpc) is 2.85. The number of carbonyl (C=O) groups is 1. The molecule has 0 bridgehead atoms. The summed E-state index contributed by atoms with van der Waals surface area (Å²) in [6.45, 7) is 6.30. The Labute approximate surface area is 108 Å². The van der Waals surface area contributed by atoms with Gasteiger partial charge < -0.3 is 4.74 Å². The van der Waals surface area contributed by atoms with Gasteiger partial charge in [-0.2, -0.15) is 0 Å².